The number of carbonyl (C=O) groups is 2. The van der Waals surface area contributed by atoms with Gasteiger partial charge in [-0.2, -0.15) is 0 Å². The summed E-state index contributed by atoms with van der Waals surface area (Å²) >= 11 is 0. The molecule has 0 spiro atoms. The minimum absolute atomic E-state index is 0.0329. The average molecular weight is 443 g/mol. The summed E-state index contributed by atoms with van der Waals surface area (Å²) in [4.78, 5) is 25.9. The number of phenols is 2. The highest BCUT2D eigenvalue weighted by Gasteiger charge is 2.52. The number of hydrogen-bond acceptors (Lipinski definition) is 5. The number of aromatic hydroxyl groups is 2. The van der Waals surface area contributed by atoms with Gasteiger partial charge in [-0.3, -0.25) is 9.59 Å². The van der Waals surface area contributed by atoms with Gasteiger partial charge in [-0.25, -0.2) is 0 Å². The Bertz CT molecular complexity index is 934. The Morgan fingerprint density at radius 3 is 2.44 bits per heavy atom. The van der Waals surface area contributed by atoms with Crippen molar-refractivity contribution in [3.05, 3.63) is 47.1 Å². The van der Waals surface area contributed by atoms with Crippen molar-refractivity contribution in [1.29, 1.82) is 0 Å². The second kappa shape index (κ2) is 9.62. The van der Waals surface area contributed by atoms with E-state index in [0.29, 0.717) is 24.0 Å². The van der Waals surface area contributed by atoms with E-state index in [4.69, 9.17) is 0 Å². The first-order chi connectivity index (χ1) is 14.7. The van der Waals surface area contributed by atoms with Crippen LogP contribution in [-0.4, -0.2) is 32.5 Å². The minimum atomic E-state index is -1.05. The zero-order chi connectivity index (χ0) is 24.3. The van der Waals surface area contributed by atoms with Gasteiger partial charge in [0.2, 0.25) is 0 Å². The van der Waals surface area contributed by atoms with Gasteiger partial charge in [-0.15, -0.1) is 0 Å². The second-order valence-electron chi connectivity index (χ2n) is 10.5. The highest BCUT2D eigenvalue weighted by Crippen LogP contribution is 2.55. The van der Waals surface area contributed by atoms with E-state index in [-0.39, 0.29) is 29.5 Å². The Labute approximate surface area is 191 Å². The number of rotatable bonds is 9. The van der Waals surface area contributed by atoms with Crippen molar-refractivity contribution in [2.75, 3.05) is 0 Å². The normalized spacial score (nSPS) is 24.3. The predicted octanol–water partition coefficient (Wildman–Crippen LogP) is 5.34. The molecule has 0 bridgehead atoms. The summed E-state index contributed by atoms with van der Waals surface area (Å²) in [5.41, 5.74) is 0.0137. The third-order valence-electron chi connectivity index (χ3n) is 7.02. The molecule has 32 heavy (non-hydrogen) atoms. The molecule has 5 nitrogen and oxygen atoms in total. The molecule has 0 amide bonds. The largest absolute Gasteiger partial charge is 0.508 e. The molecular weight excluding hydrogens is 404 g/mol. The molecule has 3 N–H and O–H groups in total. The van der Waals surface area contributed by atoms with Crippen LogP contribution in [0, 0.1) is 17.8 Å². The van der Waals surface area contributed by atoms with Gasteiger partial charge in [-0.05, 0) is 76.1 Å². The number of benzene rings is 1. The number of Topliss-reactive ketones (excluding diaryl/α,β-unsaturated/α-hetero) is 1. The molecule has 1 saturated carbocycles. The van der Waals surface area contributed by atoms with Gasteiger partial charge < -0.3 is 15.3 Å². The highest BCUT2D eigenvalue weighted by atomic mass is 16.3. The summed E-state index contributed by atoms with van der Waals surface area (Å²) in [5.74, 6) is 0.318. The number of allylic oxidation sites excluding steroid dienone is 3. The lowest BCUT2D eigenvalue weighted by molar-refractivity contribution is -0.131. The summed E-state index contributed by atoms with van der Waals surface area (Å²) < 4.78 is 0. The fourth-order valence-corrected chi connectivity index (χ4v) is 4.73. The summed E-state index contributed by atoms with van der Waals surface area (Å²) in [7, 11) is 0. The fourth-order valence-electron chi connectivity index (χ4n) is 4.73. The number of carbonyl (C=O) groups excluding carboxylic acids is 2. The van der Waals surface area contributed by atoms with E-state index < -0.39 is 16.4 Å². The van der Waals surface area contributed by atoms with Crippen molar-refractivity contribution in [2.45, 2.75) is 85.7 Å². The van der Waals surface area contributed by atoms with E-state index in [1.165, 1.54) is 24.3 Å². The molecule has 1 aliphatic rings. The van der Waals surface area contributed by atoms with Gasteiger partial charge >= 0.3 is 0 Å². The van der Waals surface area contributed by atoms with Crippen LogP contribution in [0.5, 0.6) is 11.5 Å². The smallest absolute Gasteiger partial charge is 0.161 e. The summed E-state index contributed by atoms with van der Waals surface area (Å²) in [6, 6.07) is 3.04. The molecule has 1 aliphatic carbocycles. The van der Waals surface area contributed by atoms with E-state index in [1.807, 2.05) is 26.8 Å². The van der Waals surface area contributed by atoms with Crippen LogP contribution in [0.2, 0.25) is 0 Å². The first kappa shape index (κ1) is 25.9. The van der Waals surface area contributed by atoms with Crippen molar-refractivity contribution in [2.24, 2.45) is 10.8 Å². The number of ketones is 2. The third-order valence-corrected chi connectivity index (χ3v) is 7.02. The highest BCUT2D eigenvalue weighted by molar-refractivity contribution is 5.96. The molecule has 0 saturated heterocycles. The molecule has 2 atom stereocenters. The van der Waals surface area contributed by atoms with Crippen LogP contribution >= 0.6 is 0 Å². The minimum Gasteiger partial charge on any atom is -0.508 e. The maximum absolute atomic E-state index is 13.0. The molecule has 2 rings (SSSR count). The van der Waals surface area contributed by atoms with Crippen molar-refractivity contribution in [3.63, 3.8) is 0 Å². The van der Waals surface area contributed by atoms with Gasteiger partial charge in [0.05, 0.1) is 5.60 Å². The van der Waals surface area contributed by atoms with E-state index in [1.54, 1.807) is 20.8 Å². The molecule has 0 aromatic heterocycles. The Kier molecular flexibility index (Phi) is 7.77. The van der Waals surface area contributed by atoms with E-state index in [0.717, 1.165) is 24.8 Å². The molecule has 1 fully saturated rings. The van der Waals surface area contributed by atoms with Gasteiger partial charge in [0.15, 0.2) is 5.78 Å². The summed E-state index contributed by atoms with van der Waals surface area (Å²) in [5, 5.41) is 29.9. The van der Waals surface area contributed by atoms with Crippen molar-refractivity contribution < 1.29 is 24.9 Å². The number of aryl methyl sites for hydroxylation is 1. The second-order valence-corrected chi connectivity index (χ2v) is 10.5. The topological polar surface area (TPSA) is 94.8 Å². The lowest BCUT2D eigenvalue weighted by atomic mass is 9.63. The predicted molar refractivity (Wildman–Crippen MR) is 127 cm³/mol. The first-order valence-corrected chi connectivity index (χ1v) is 11.3. The number of aliphatic hydroxyl groups is 1. The third kappa shape index (κ3) is 6.10. The van der Waals surface area contributed by atoms with Gasteiger partial charge in [0.25, 0.3) is 0 Å². The van der Waals surface area contributed by atoms with Crippen molar-refractivity contribution >= 4 is 11.6 Å². The zero-order valence-electron chi connectivity index (χ0n) is 20.3. The molecule has 0 radical (unpaired) electrons. The monoisotopic (exact) mass is 442 g/mol. The summed E-state index contributed by atoms with van der Waals surface area (Å²) in [6.07, 6.45) is 8.38. The number of phenolic OH excluding ortho intramolecular Hbond substituents is 2. The van der Waals surface area contributed by atoms with Crippen LogP contribution in [0.4, 0.5) is 0 Å². The van der Waals surface area contributed by atoms with E-state index in [2.05, 4.69) is 0 Å². The van der Waals surface area contributed by atoms with Crippen molar-refractivity contribution in [1.82, 2.24) is 0 Å². The maximum atomic E-state index is 13.0. The lowest BCUT2D eigenvalue weighted by Crippen LogP contribution is -2.40. The molecule has 5 heteroatoms. The molecule has 0 unspecified atom stereocenters. The quantitative estimate of drug-likeness (QED) is 0.273. The average Bonchev–Trinajstić information content (AvgIpc) is 2.95. The molecule has 1 aromatic carbocycles. The maximum Gasteiger partial charge on any atom is 0.161 e. The summed E-state index contributed by atoms with van der Waals surface area (Å²) in [6.45, 7) is 10.8. The molecule has 1 aromatic rings. The lowest BCUT2D eigenvalue weighted by Gasteiger charge is -2.39. The van der Waals surface area contributed by atoms with Crippen molar-refractivity contribution in [3.8, 4) is 11.5 Å². The van der Waals surface area contributed by atoms with Crippen LogP contribution in [0.15, 0.2) is 35.9 Å². The van der Waals surface area contributed by atoms with Crippen LogP contribution in [0.25, 0.3) is 0 Å². The van der Waals surface area contributed by atoms with Crippen LogP contribution in [-0.2, 0) is 16.0 Å². The van der Waals surface area contributed by atoms with E-state index in [9.17, 15) is 24.9 Å². The van der Waals surface area contributed by atoms with Gasteiger partial charge in [-0.1, -0.05) is 38.0 Å². The van der Waals surface area contributed by atoms with Crippen LogP contribution < -0.4 is 0 Å². The van der Waals surface area contributed by atoms with Gasteiger partial charge in [0.1, 0.15) is 17.3 Å². The standard InChI is InChI=1S/C27H38O5/c1-18(8-9-20-16-21(28)15-19(2)24(20)31)14-22(29)17-26(5)11-7-12-27(26,6)23(30)10-13-25(3,4)32/h8,10,13,15-16,28,31-32H,7,9,11-12,14,17H2,1-6H3/b13-10+,18-8+/t26-,27+/m0/s1. The zero-order valence-corrected chi connectivity index (χ0v) is 20.3. The molecule has 0 heterocycles. The number of hydrogen-bond donors (Lipinski definition) is 3. The Morgan fingerprint density at radius 2 is 1.81 bits per heavy atom. The molecule has 0 aliphatic heterocycles. The van der Waals surface area contributed by atoms with Gasteiger partial charge in [0, 0.05) is 23.8 Å². The Hall–Kier alpha value is -2.40. The molecule has 176 valence electrons. The molecular formula is C27H38O5. The Morgan fingerprint density at radius 1 is 1.16 bits per heavy atom. The van der Waals surface area contributed by atoms with E-state index >= 15 is 0 Å². The van der Waals surface area contributed by atoms with Crippen LogP contribution in [0.1, 0.15) is 77.8 Å². The first-order valence-electron chi connectivity index (χ1n) is 11.3. The fraction of sp³-hybridized carbons (Fsp3) is 0.556. The SMILES string of the molecule is C/C(=C\Cc1cc(O)cc(C)c1O)CC(=O)C[C@]1(C)CCC[C@]1(C)C(=O)/C=C/C(C)(C)O. The Balaban J connectivity index is 2.08. The van der Waals surface area contributed by atoms with Crippen LogP contribution in [0.3, 0.4) is 0 Å².